The number of rotatable bonds is 5. The summed E-state index contributed by atoms with van der Waals surface area (Å²) < 4.78 is 6.24. The highest BCUT2D eigenvalue weighted by Crippen LogP contribution is 2.39. The molecular formula is C25H38N4O4. The number of nitrogens with one attached hydrogen (secondary N) is 1. The van der Waals surface area contributed by atoms with Crippen molar-refractivity contribution in [3.63, 3.8) is 0 Å². The Kier molecular flexibility index (Phi) is 7.49. The first kappa shape index (κ1) is 25.2. The van der Waals surface area contributed by atoms with Crippen LogP contribution in [0.25, 0.3) is 0 Å². The van der Waals surface area contributed by atoms with E-state index in [0.29, 0.717) is 44.6 Å². The Hall–Kier alpha value is -2.45. The van der Waals surface area contributed by atoms with Crippen molar-refractivity contribution in [1.82, 2.24) is 20.0 Å². The largest absolute Gasteiger partial charge is 0.353 e. The molecule has 0 radical (unpaired) electrons. The third kappa shape index (κ3) is 5.55. The number of aryl methyl sites for hydroxylation is 1. The van der Waals surface area contributed by atoms with Crippen LogP contribution in [0.4, 0.5) is 0 Å². The fourth-order valence-electron chi connectivity index (χ4n) is 4.54. The van der Waals surface area contributed by atoms with Gasteiger partial charge in [-0.1, -0.05) is 38.5 Å². The van der Waals surface area contributed by atoms with Gasteiger partial charge in [-0.25, -0.2) is 0 Å². The predicted molar refractivity (Wildman–Crippen MR) is 127 cm³/mol. The maximum atomic E-state index is 13.7. The SMILES string of the molecule is Cc1cccc(C(=O)N2C(C(=O)NCCN(C)C)COC23CCN(C(=O)C(C)(C)C)CC3)c1. The number of hydrogen-bond acceptors (Lipinski definition) is 5. The van der Waals surface area contributed by atoms with E-state index in [1.165, 1.54) is 0 Å². The van der Waals surface area contributed by atoms with Crippen LogP contribution in [-0.4, -0.2) is 91.1 Å². The lowest BCUT2D eigenvalue weighted by Gasteiger charge is -2.45. The maximum absolute atomic E-state index is 13.7. The molecule has 1 unspecified atom stereocenters. The lowest BCUT2D eigenvalue weighted by Crippen LogP contribution is -2.60. The second-order valence-corrected chi connectivity index (χ2v) is 10.5. The number of carbonyl (C=O) groups excluding carboxylic acids is 3. The minimum atomic E-state index is -0.890. The van der Waals surface area contributed by atoms with Crippen LogP contribution in [0.5, 0.6) is 0 Å². The third-order valence-corrected chi connectivity index (χ3v) is 6.38. The van der Waals surface area contributed by atoms with Gasteiger partial charge in [0.2, 0.25) is 11.8 Å². The van der Waals surface area contributed by atoms with Crippen molar-refractivity contribution >= 4 is 17.7 Å². The summed E-state index contributed by atoms with van der Waals surface area (Å²) in [6.45, 7) is 10.0. The number of carbonyl (C=O) groups is 3. The highest BCUT2D eigenvalue weighted by Gasteiger charge is 2.54. The van der Waals surface area contributed by atoms with Gasteiger partial charge in [0.05, 0.1) is 6.61 Å². The van der Waals surface area contributed by atoms with Gasteiger partial charge < -0.3 is 19.9 Å². The van der Waals surface area contributed by atoms with Gasteiger partial charge in [-0.2, -0.15) is 0 Å². The van der Waals surface area contributed by atoms with Crippen LogP contribution in [0.3, 0.4) is 0 Å². The van der Waals surface area contributed by atoms with E-state index in [9.17, 15) is 14.4 Å². The highest BCUT2D eigenvalue weighted by molar-refractivity contribution is 5.98. The van der Waals surface area contributed by atoms with E-state index in [4.69, 9.17) is 4.74 Å². The smallest absolute Gasteiger partial charge is 0.256 e. The molecule has 33 heavy (non-hydrogen) atoms. The molecule has 1 N–H and O–H groups in total. The van der Waals surface area contributed by atoms with Gasteiger partial charge in [-0.15, -0.1) is 0 Å². The molecule has 1 aromatic rings. The van der Waals surface area contributed by atoms with Gasteiger partial charge in [0, 0.05) is 50.0 Å². The van der Waals surface area contributed by atoms with E-state index >= 15 is 0 Å². The van der Waals surface area contributed by atoms with Crippen molar-refractivity contribution in [1.29, 1.82) is 0 Å². The summed E-state index contributed by atoms with van der Waals surface area (Å²) in [5.74, 6) is -0.327. The molecule has 2 fully saturated rings. The molecule has 1 spiro atoms. The number of nitrogens with zero attached hydrogens (tertiary/aromatic N) is 3. The van der Waals surface area contributed by atoms with Gasteiger partial charge in [0.1, 0.15) is 11.8 Å². The fourth-order valence-corrected chi connectivity index (χ4v) is 4.54. The first-order valence-corrected chi connectivity index (χ1v) is 11.7. The molecule has 1 atom stereocenters. The van der Waals surface area contributed by atoms with Crippen LogP contribution in [0.15, 0.2) is 24.3 Å². The van der Waals surface area contributed by atoms with Gasteiger partial charge in [-0.05, 0) is 33.2 Å². The monoisotopic (exact) mass is 458 g/mol. The van der Waals surface area contributed by atoms with Crippen LogP contribution in [0, 0.1) is 12.3 Å². The number of benzene rings is 1. The molecule has 182 valence electrons. The van der Waals surface area contributed by atoms with Crippen LogP contribution < -0.4 is 5.32 Å². The molecule has 2 saturated heterocycles. The lowest BCUT2D eigenvalue weighted by molar-refractivity contribution is -0.150. The molecule has 0 aliphatic carbocycles. The van der Waals surface area contributed by atoms with E-state index < -0.39 is 17.2 Å². The second-order valence-electron chi connectivity index (χ2n) is 10.5. The Labute approximate surface area is 197 Å². The van der Waals surface area contributed by atoms with Crippen molar-refractivity contribution in [3.8, 4) is 0 Å². The summed E-state index contributed by atoms with van der Waals surface area (Å²) in [6, 6.07) is 6.71. The first-order valence-electron chi connectivity index (χ1n) is 11.7. The van der Waals surface area contributed by atoms with Gasteiger partial charge in [-0.3, -0.25) is 19.3 Å². The summed E-state index contributed by atoms with van der Waals surface area (Å²) in [5, 5.41) is 2.95. The first-order chi connectivity index (χ1) is 15.4. The summed E-state index contributed by atoms with van der Waals surface area (Å²) >= 11 is 0. The summed E-state index contributed by atoms with van der Waals surface area (Å²) in [7, 11) is 3.89. The van der Waals surface area contributed by atoms with Crippen LogP contribution in [-0.2, 0) is 14.3 Å². The summed E-state index contributed by atoms with van der Waals surface area (Å²) in [5.41, 5.74) is 0.165. The van der Waals surface area contributed by atoms with E-state index in [1.54, 1.807) is 11.0 Å². The molecule has 0 saturated carbocycles. The van der Waals surface area contributed by atoms with Crippen LogP contribution in [0.2, 0.25) is 0 Å². The van der Waals surface area contributed by atoms with Gasteiger partial charge in [0.15, 0.2) is 0 Å². The zero-order chi connectivity index (χ0) is 24.4. The molecule has 8 heteroatoms. The molecule has 1 aromatic carbocycles. The fraction of sp³-hybridized carbons (Fsp3) is 0.640. The zero-order valence-electron chi connectivity index (χ0n) is 20.8. The highest BCUT2D eigenvalue weighted by atomic mass is 16.5. The predicted octanol–water partition coefficient (Wildman–Crippen LogP) is 1.88. The Morgan fingerprint density at radius 3 is 2.42 bits per heavy atom. The summed E-state index contributed by atoms with van der Waals surface area (Å²) in [4.78, 5) is 45.1. The molecule has 0 aromatic heterocycles. The van der Waals surface area contributed by atoms with Gasteiger partial charge in [0.25, 0.3) is 5.91 Å². The quantitative estimate of drug-likeness (QED) is 0.729. The van der Waals surface area contributed by atoms with Crippen LogP contribution >= 0.6 is 0 Å². The molecule has 3 amide bonds. The van der Waals surface area contributed by atoms with Crippen molar-refractivity contribution in [2.45, 2.75) is 52.3 Å². The van der Waals surface area contributed by atoms with E-state index in [2.05, 4.69) is 5.32 Å². The second kappa shape index (κ2) is 9.81. The molecule has 2 heterocycles. The van der Waals surface area contributed by atoms with Gasteiger partial charge >= 0.3 is 0 Å². The van der Waals surface area contributed by atoms with Crippen LogP contribution in [0.1, 0.15) is 49.5 Å². The molecular weight excluding hydrogens is 420 g/mol. The number of amides is 3. The Bertz CT molecular complexity index is 885. The van der Waals surface area contributed by atoms with Crippen molar-refractivity contribution in [2.75, 3.05) is 46.9 Å². The average molecular weight is 459 g/mol. The maximum Gasteiger partial charge on any atom is 0.256 e. The lowest BCUT2D eigenvalue weighted by atomic mass is 9.91. The molecule has 2 aliphatic heterocycles. The Morgan fingerprint density at radius 2 is 1.85 bits per heavy atom. The van der Waals surface area contributed by atoms with E-state index in [1.807, 2.05) is 69.8 Å². The van der Waals surface area contributed by atoms with Crippen molar-refractivity contribution in [3.05, 3.63) is 35.4 Å². The Balaban J connectivity index is 1.84. The normalized spacial score (nSPS) is 20.4. The average Bonchev–Trinajstić information content (AvgIpc) is 3.11. The number of piperidine rings is 1. The minimum absolute atomic E-state index is 0.0879. The standard InChI is InChI=1S/C25H38N4O4/c1-18-8-7-9-19(16-18)22(31)29-20(21(30)26-12-15-27(5)6)17-33-25(29)10-13-28(14-11-25)23(32)24(2,3)4/h7-9,16,20H,10-15,17H2,1-6H3,(H,26,30). The van der Waals surface area contributed by atoms with Crippen molar-refractivity contribution < 1.29 is 19.1 Å². The number of likely N-dealkylation sites (N-methyl/N-ethyl adjacent to an activating group) is 1. The van der Waals surface area contributed by atoms with E-state index in [0.717, 1.165) is 5.56 Å². The molecule has 3 rings (SSSR count). The topological polar surface area (TPSA) is 82.2 Å². The molecule has 8 nitrogen and oxygen atoms in total. The van der Waals surface area contributed by atoms with E-state index in [-0.39, 0.29) is 24.3 Å². The molecule has 0 bridgehead atoms. The summed E-state index contributed by atoms with van der Waals surface area (Å²) in [6.07, 6.45) is 0.960. The minimum Gasteiger partial charge on any atom is -0.353 e. The van der Waals surface area contributed by atoms with Crippen molar-refractivity contribution in [2.24, 2.45) is 5.41 Å². The number of hydrogen-bond donors (Lipinski definition) is 1. The number of likely N-dealkylation sites (tertiary alicyclic amines) is 1. The third-order valence-electron chi connectivity index (χ3n) is 6.38. The molecule has 2 aliphatic rings. The Morgan fingerprint density at radius 1 is 1.18 bits per heavy atom. The number of ether oxygens (including phenoxy) is 1. The zero-order valence-corrected chi connectivity index (χ0v) is 20.8.